The first-order valence-corrected chi connectivity index (χ1v) is 11.8. The molecule has 0 radical (unpaired) electrons. The molecule has 1 saturated heterocycles. The van der Waals surface area contributed by atoms with E-state index in [0.717, 1.165) is 16.7 Å². The molecule has 0 saturated carbocycles. The Morgan fingerprint density at radius 1 is 1.00 bits per heavy atom. The lowest BCUT2D eigenvalue weighted by Crippen LogP contribution is -2.43. The van der Waals surface area contributed by atoms with Gasteiger partial charge in [-0.1, -0.05) is 42.0 Å². The van der Waals surface area contributed by atoms with Crippen LogP contribution < -0.4 is 5.32 Å². The Kier molecular flexibility index (Phi) is 5.23. The molecule has 0 aliphatic carbocycles. The maximum atomic E-state index is 13.0. The average molecular weight is 394 g/mol. The Hall–Kier alpha value is -1.70. The third-order valence-corrected chi connectivity index (χ3v) is 9.03. The van der Waals surface area contributed by atoms with Crippen LogP contribution in [0.5, 0.6) is 0 Å². The lowest BCUT2D eigenvalue weighted by atomic mass is 10.1. The van der Waals surface area contributed by atoms with Gasteiger partial charge in [0.05, 0.1) is 21.7 Å². The van der Waals surface area contributed by atoms with Gasteiger partial charge in [0.15, 0.2) is 19.7 Å². The second-order valence-electron chi connectivity index (χ2n) is 6.89. The van der Waals surface area contributed by atoms with Crippen LogP contribution >= 0.6 is 0 Å². The second kappa shape index (κ2) is 7.13. The Bertz CT molecular complexity index is 996. The summed E-state index contributed by atoms with van der Waals surface area (Å²) in [5.41, 5.74) is 3.07. The topological polar surface area (TPSA) is 80.3 Å². The van der Waals surface area contributed by atoms with Gasteiger partial charge in [0.2, 0.25) is 0 Å². The third kappa shape index (κ3) is 4.00. The first kappa shape index (κ1) is 19.1. The molecule has 26 heavy (non-hydrogen) atoms. The minimum Gasteiger partial charge on any atom is -0.308 e. The number of hydrogen-bond donors (Lipinski definition) is 1. The van der Waals surface area contributed by atoms with Gasteiger partial charge in [-0.15, -0.1) is 0 Å². The maximum Gasteiger partial charge on any atom is 0.183 e. The smallest absolute Gasteiger partial charge is 0.183 e. The fourth-order valence-corrected chi connectivity index (χ4v) is 7.98. The van der Waals surface area contributed by atoms with Gasteiger partial charge in [-0.2, -0.15) is 0 Å². The van der Waals surface area contributed by atoms with Crippen LogP contribution in [0.3, 0.4) is 0 Å². The number of hydrogen-bond acceptors (Lipinski definition) is 5. The Balaban J connectivity index is 1.86. The fraction of sp³-hybridized carbons (Fsp3) is 0.368. The summed E-state index contributed by atoms with van der Waals surface area (Å²) in [6.45, 7) is 4.29. The summed E-state index contributed by atoms with van der Waals surface area (Å²) in [7, 11) is -7.13. The molecule has 1 fully saturated rings. The quantitative estimate of drug-likeness (QED) is 0.841. The van der Waals surface area contributed by atoms with Gasteiger partial charge in [-0.25, -0.2) is 16.8 Å². The van der Waals surface area contributed by atoms with Crippen molar-refractivity contribution in [1.29, 1.82) is 0 Å². The summed E-state index contributed by atoms with van der Waals surface area (Å²) in [4.78, 5) is 0.174. The molecule has 2 aromatic rings. The van der Waals surface area contributed by atoms with Crippen molar-refractivity contribution < 1.29 is 16.8 Å². The predicted molar refractivity (Wildman–Crippen MR) is 103 cm³/mol. The number of benzene rings is 2. The molecular formula is C19H23NO4S2. The molecule has 5 nitrogen and oxygen atoms in total. The number of rotatable bonds is 5. The van der Waals surface area contributed by atoms with E-state index >= 15 is 0 Å². The highest BCUT2D eigenvalue weighted by molar-refractivity contribution is 7.96. The highest BCUT2D eigenvalue weighted by atomic mass is 32.2. The molecule has 1 aliphatic rings. The average Bonchev–Trinajstić information content (AvgIpc) is 2.90. The van der Waals surface area contributed by atoms with Crippen molar-refractivity contribution >= 4 is 19.7 Å². The molecular weight excluding hydrogens is 370 g/mol. The van der Waals surface area contributed by atoms with E-state index in [1.807, 2.05) is 38.1 Å². The van der Waals surface area contributed by atoms with Crippen molar-refractivity contribution in [1.82, 2.24) is 5.32 Å². The van der Waals surface area contributed by atoms with Gasteiger partial charge in [-0.05, 0) is 37.1 Å². The van der Waals surface area contributed by atoms with Gasteiger partial charge in [-0.3, -0.25) is 0 Å². The highest BCUT2D eigenvalue weighted by Crippen LogP contribution is 2.26. The molecule has 0 amide bonds. The van der Waals surface area contributed by atoms with Crippen LogP contribution in [0.2, 0.25) is 0 Å². The summed E-state index contributed by atoms with van der Waals surface area (Å²) in [5, 5.41) is 2.20. The van der Waals surface area contributed by atoms with Crippen LogP contribution in [0.25, 0.3) is 0 Å². The van der Waals surface area contributed by atoms with E-state index in [-0.39, 0.29) is 16.4 Å². The first-order chi connectivity index (χ1) is 12.2. The molecule has 0 spiro atoms. The van der Waals surface area contributed by atoms with E-state index in [0.29, 0.717) is 6.54 Å². The van der Waals surface area contributed by atoms with Crippen molar-refractivity contribution in [3.05, 3.63) is 65.2 Å². The molecule has 2 atom stereocenters. The zero-order chi connectivity index (χ0) is 18.9. The molecule has 1 aliphatic heterocycles. The fourth-order valence-electron chi connectivity index (χ4n) is 3.26. The predicted octanol–water partition coefficient (Wildman–Crippen LogP) is 2.03. The van der Waals surface area contributed by atoms with E-state index < -0.39 is 31.0 Å². The molecule has 0 bridgehead atoms. The van der Waals surface area contributed by atoms with Crippen molar-refractivity contribution in [2.45, 2.75) is 36.6 Å². The zero-order valence-corrected chi connectivity index (χ0v) is 16.5. The molecule has 1 heterocycles. The largest absolute Gasteiger partial charge is 0.308 e. The minimum absolute atomic E-state index is 0.158. The standard InChI is InChI=1S/C19H23NO4S2/c1-14-7-9-17(10-8-14)26(23,24)19-13-25(21,22)12-18(19)20-11-16-6-4-3-5-15(16)2/h3-10,18-20H,11-13H2,1-2H3/t18-,19-/m0/s1. The summed E-state index contributed by atoms with van der Waals surface area (Å²) in [6.07, 6.45) is 0. The lowest BCUT2D eigenvalue weighted by molar-refractivity contribution is 0.525. The molecule has 2 aromatic carbocycles. The van der Waals surface area contributed by atoms with Gasteiger partial charge in [0.1, 0.15) is 0 Å². The van der Waals surface area contributed by atoms with E-state index in [1.54, 1.807) is 24.3 Å². The summed E-state index contributed by atoms with van der Waals surface area (Å²) < 4.78 is 50.4. The Labute approximate surface area is 155 Å². The van der Waals surface area contributed by atoms with Crippen LogP contribution in [0.1, 0.15) is 16.7 Å². The molecule has 0 unspecified atom stereocenters. The Morgan fingerprint density at radius 3 is 2.31 bits per heavy atom. The SMILES string of the molecule is Cc1ccc(S(=O)(=O)[C@H]2CS(=O)(=O)C[C@@H]2NCc2ccccc2C)cc1. The van der Waals surface area contributed by atoms with Crippen molar-refractivity contribution in [3.63, 3.8) is 0 Å². The van der Waals surface area contributed by atoms with E-state index in [4.69, 9.17) is 0 Å². The summed E-state index contributed by atoms with van der Waals surface area (Å²) in [5.74, 6) is -0.497. The van der Waals surface area contributed by atoms with Crippen LogP contribution in [0.4, 0.5) is 0 Å². The molecule has 140 valence electrons. The minimum atomic E-state index is -3.73. The molecule has 0 aromatic heterocycles. The molecule has 1 N–H and O–H groups in total. The van der Waals surface area contributed by atoms with Gasteiger partial charge in [0, 0.05) is 12.6 Å². The number of nitrogens with one attached hydrogen (secondary N) is 1. The summed E-state index contributed by atoms with van der Waals surface area (Å²) in [6, 6.07) is 13.7. The first-order valence-electron chi connectivity index (χ1n) is 8.48. The van der Waals surface area contributed by atoms with Gasteiger partial charge < -0.3 is 5.32 Å². The third-order valence-electron chi connectivity index (χ3n) is 4.86. The van der Waals surface area contributed by atoms with Crippen molar-refractivity contribution in [2.24, 2.45) is 0 Å². The molecule has 7 heteroatoms. The normalized spacial score (nSPS) is 22.4. The Morgan fingerprint density at radius 2 is 1.65 bits per heavy atom. The maximum absolute atomic E-state index is 13.0. The monoisotopic (exact) mass is 393 g/mol. The van der Waals surface area contributed by atoms with E-state index in [1.165, 1.54) is 0 Å². The second-order valence-corrected chi connectivity index (χ2v) is 11.2. The highest BCUT2D eigenvalue weighted by Gasteiger charge is 2.45. The van der Waals surface area contributed by atoms with Crippen molar-refractivity contribution in [2.75, 3.05) is 11.5 Å². The van der Waals surface area contributed by atoms with Gasteiger partial charge in [0.25, 0.3) is 0 Å². The summed E-state index contributed by atoms with van der Waals surface area (Å²) >= 11 is 0. The van der Waals surface area contributed by atoms with Gasteiger partial charge >= 0.3 is 0 Å². The lowest BCUT2D eigenvalue weighted by Gasteiger charge is -2.20. The van der Waals surface area contributed by atoms with Crippen LogP contribution in [-0.4, -0.2) is 39.6 Å². The number of sulfone groups is 2. The van der Waals surface area contributed by atoms with Crippen molar-refractivity contribution in [3.8, 4) is 0 Å². The van der Waals surface area contributed by atoms with E-state index in [2.05, 4.69) is 5.32 Å². The number of aryl methyl sites for hydroxylation is 2. The van der Waals surface area contributed by atoms with Crippen LogP contribution in [0, 0.1) is 13.8 Å². The van der Waals surface area contributed by atoms with Crippen LogP contribution in [0.15, 0.2) is 53.4 Å². The van der Waals surface area contributed by atoms with E-state index in [9.17, 15) is 16.8 Å². The molecule has 3 rings (SSSR count). The zero-order valence-electron chi connectivity index (χ0n) is 14.8. The van der Waals surface area contributed by atoms with Crippen LogP contribution in [-0.2, 0) is 26.2 Å².